The van der Waals surface area contributed by atoms with Gasteiger partial charge in [0.1, 0.15) is 17.3 Å². The molecule has 0 aliphatic heterocycles. The van der Waals surface area contributed by atoms with E-state index in [0.717, 1.165) is 18.4 Å². The third-order valence-corrected chi connectivity index (χ3v) is 7.74. The molecule has 8 nitrogen and oxygen atoms in total. The lowest BCUT2D eigenvalue weighted by molar-refractivity contribution is -0.142. The molecule has 0 radical (unpaired) electrons. The van der Waals surface area contributed by atoms with E-state index in [1.807, 2.05) is 12.1 Å². The summed E-state index contributed by atoms with van der Waals surface area (Å²) in [6, 6.07) is 14.7. The van der Waals surface area contributed by atoms with Gasteiger partial charge in [-0.05, 0) is 84.2 Å². The van der Waals surface area contributed by atoms with Crippen LogP contribution in [0.1, 0.15) is 52.5 Å². The van der Waals surface area contributed by atoms with E-state index in [4.69, 9.17) is 11.5 Å². The quantitative estimate of drug-likeness (QED) is 0.189. The van der Waals surface area contributed by atoms with Crippen molar-refractivity contribution in [3.05, 3.63) is 108 Å². The smallest absolute Gasteiger partial charge is 0.383 e. The Hall–Kier alpha value is -4.84. The molecule has 0 saturated heterocycles. The van der Waals surface area contributed by atoms with Crippen LogP contribution >= 0.6 is 0 Å². The Balaban J connectivity index is 1.33. The number of fused-ring (bicyclic) bond motifs is 1. The molecule has 1 aliphatic carbocycles. The number of halogens is 4. The number of carbonyl (C=O) groups is 1. The van der Waals surface area contributed by atoms with Crippen molar-refractivity contribution in [1.29, 1.82) is 0 Å². The highest BCUT2D eigenvalue weighted by Crippen LogP contribution is 2.39. The highest BCUT2D eigenvalue weighted by molar-refractivity contribution is 6.03. The molecule has 1 unspecified atom stereocenters. The molecule has 1 amide bonds. The number of rotatable bonds is 8. The number of nitrogens with zero attached hydrogens (tertiary/aromatic N) is 4. The Morgan fingerprint density at radius 1 is 1.00 bits per heavy atom. The molecule has 12 heteroatoms. The molecule has 0 spiro atoms. The second kappa shape index (κ2) is 11.1. The van der Waals surface area contributed by atoms with Gasteiger partial charge in [-0.15, -0.1) is 0 Å². The van der Waals surface area contributed by atoms with Crippen LogP contribution < -0.4 is 16.8 Å². The summed E-state index contributed by atoms with van der Waals surface area (Å²) < 4.78 is 57.8. The van der Waals surface area contributed by atoms with Crippen molar-refractivity contribution in [3.8, 4) is 5.69 Å². The summed E-state index contributed by atoms with van der Waals surface area (Å²) in [7, 11) is 0. The molecule has 1 saturated carbocycles. The standard InChI is InChI=1S/C31H27F4N7O/c32-24-6-4-20(22(15-25(36)19-1-2-19)18-7-10-38-11-8-18)13-26(24)40-30(43)27-16-28(31(33,34)35)42(41-27)21-5-3-17-9-12-39-29(37)23(17)14-21/h3-14,16,19,22,25H,1-2,15,36H2,(H2,37,39)(H,40,43)/t22?,25-/m0/s1. The summed E-state index contributed by atoms with van der Waals surface area (Å²) in [5.74, 6) is -1.39. The van der Waals surface area contributed by atoms with E-state index in [9.17, 15) is 22.4 Å². The highest BCUT2D eigenvalue weighted by Gasteiger charge is 2.37. The van der Waals surface area contributed by atoms with Crippen molar-refractivity contribution in [2.24, 2.45) is 11.7 Å². The van der Waals surface area contributed by atoms with E-state index in [1.54, 1.807) is 30.6 Å². The van der Waals surface area contributed by atoms with Crippen LogP contribution in [0.4, 0.5) is 29.1 Å². The second-order valence-corrected chi connectivity index (χ2v) is 10.7. The molecule has 3 aromatic heterocycles. The van der Waals surface area contributed by atoms with Gasteiger partial charge in [-0.25, -0.2) is 14.1 Å². The van der Waals surface area contributed by atoms with Crippen LogP contribution in [0.5, 0.6) is 0 Å². The molecule has 3 heterocycles. The zero-order chi connectivity index (χ0) is 30.3. The van der Waals surface area contributed by atoms with Gasteiger partial charge < -0.3 is 16.8 Å². The average molecular weight is 590 g/mol. The summed E-state index contributed by atoms with van der Waals surface area (Å²) in [6.07, 6.45) is 2.68. The first-order chi connectivity index (χ1) is 20.6. The molecular weight excluding hydrogens is 562 g/mol. The minimum Gasteiger partial charge on any atom is -0.383 e. The second-order valence-electron chi connectivity index (χ2n) is 10.7. The number of anilines is 2. The van der Waals surface area contributed by atoms with Gasteiger partial charge in [0.05, 0.1) is 11.4 Å². The number of nitrogens with two attached hydrogens (primary N) is 2. The van der Waals surface area contributed by atoms with E-state index in [-0.39, 0.29) is 29.2 Å². The van der Waals surface area contributed by atoms with Crippen molar-refractivity contribution in [2.45, 2.75) is 37.4 Å². The van der Waals surface area contributed by atoms with Gasteiger partial charge in [0.15, 0.2) is 5.69 Å². The first kappa shape index (κ1) is 28.3. The number of amides is 1. The van der Waals surface area contributed by atoms with E-state index in [1.165, 1.54) is 30.5 Å². The number of nitrogens with one attached hydrogen (secondary N) is 1. The fraction of sp³-hybridized carbons (Fsp3) is 0.226. The van der Waals surface area contributed by atoms with Crippen molar-refractivity contribution < 1.29 is 22.4 Å². The lowest BCUT2D eigenvalue weighted by Gasteiger charge is -2.22. The maximum absolute atomic E-state index is 15.0. The van der Waals surface area contributed by atoms with Gasteiger partial charge in [-0.3, -0.25) is 9.78 Å². The molecule has 0 bridgehead atoms. The van der Waals surface area contributed by atoms with Crippen LogP contribution in [0, 0.1) is 11.7 Å². The zero-order valence-electron chi connectivity index (χ0n) is 22.7. The van der Waals surface area contributed by atoms with Gasteiger partial charge in [-0.1, -0.05) is 12.1 Å². The van der Waals surface area contributed by atoms with Gasteiger partial charge in [-0.2, -0.15) is 18.3 Å². The third kappa shape index (κ3) is 5.91. The molecule has 2 aromatic carbocycles. The number of pyridine rings is 2. The van der Waals surface area contributed by atoms with Crippen LogP contribution in [-0.2, 0) is 6.18 Å². The number of nitrogen functional groups attached to an aromatic ring is 1. The fourth-order valence-corrected chi connectivity index (χ4v) is 5.29. The topological polar surface area (TPSA) is 125 Å². The molecule has 220 valence electrons. The van der Waals surface area contributed by atoms with Crippen LogP contribution in [-0.4, -0.2) is 31.7 Å². The van der Waals surface area contributed by atoms with Crippen LogP contribution in [0.3, 0.4) is 0 Å². The molecule has 43 heavy (non-hydrogen) atoms. The van der Waals surface area contributed by atoms with Crippen molar-refractivity contribution in [3.63, 3.8) is 0 Å². The summed E-state index contributed by atoms with van der Waals surface area (Å²) in [5.41, 5.74) is 12.1. The van der Waals surface area contributed by atoms with Gasteiger partial charge in [0.25, 0.3) is 5.91 Å². The normalized spacial score (nSPS) is 14.9. The highest BCUT2D eigenvalue weighted by atomic mass is 19.4. The molecule has 1 fully saturated rings. The summed E-state index contributed by atoms with van der Waals surface area (Å²) >= 11 is 0. The number of carbonyl (C=O) groups excluding carboxylic acids is 1. The molecule has 1 aliphatic rings. The number of hydrogen-bond acceptors (Lipinski definition) is 6. The fourth-order valence-electron chi connectivity index (χ4n) is 5.29. The predicted molar refractivity (Wildman–Crippen MR) is 154 cm³/mol. The number of hydrogen-bond donors (Lipinski definition) is 3. The molecule has 2 atom stereocenters. The van der Waals surface area contributed by atoms with E-state index in [2.05, 4.69) is 20.4 Å². The molecular formula is C31H27F4N7O. The number of aromatic nitrogens is 4. The number of benzene rings is 2. The molecule has 5 N–H and O–H groups in total. The lowest BCUT2D eigenvalue weighted by Crippen LogP contribution is -2.25. The largest absolute Gasteiger partial charge is 0.433 e. The van der Waals surface area contributed by atoms with Gasteiger partial charge >= 0.3 is 6.18 Å². The lowest BCUT2D eigenvalue weighted by atomic mass is 9.85. The molecule has 6 rings (SSSR count). The van der Waals surface area contributed by atoms with Crippen LogP contribution in [0.25, 0.3) is 16.5 Å². The zero-order valence-corrected chi connectivity index (χ0v) is 22.7. The first-order valence-electron chi connectivity index (χ1n) is 13.7. The minimum atomic E-state index is -4.84. The van der Waals surface area contributed by atoms with E-state index in [0.29, 0.717) is 39.4 Å². The Labute approximate surface area is 243 Å². The van der Waals surface area contributed by atoms with Crippen molar-refractivity contribution in [1.82, 2.24) is 19.7 Å². The first-order valence-corrected chi connectivity index (χ1v) is 13.7. The summed E-state index contributed by atoms with van der Waals surface area (Å²) in [6.45, 7) is 0. The van der Waals surface area contributed by atoms with Crippen LogP contribution in [0.2, 0.25) is 0 Å². The Morgan fingerprint density at radius 2 is 1.77 bits per heavy atom. The molecule has 5 aromatic rings. The monoisotopic (exact) mass is 589 g/mol. The van der Waals surface area contributed by atoms with Crippen molar-refractivity contribution in [2.75, 3.05) is 11.1 Å². The van der Waals surface area contributed by atoms with Gasteiger partial charge in [0.2, 0.25) is 0 Å². The average Bonchev–Trinajstić information content (AvgIpc) is 3.74. The summed E-state index contributed by atoms with van der Waals surface area (Å²) in [5, 5.41) is 7.47. The van der Waals surface area contributed by atoms with Crippen molar-refractivity contribution >= 4 is 28.2 Å². The Kier molecular flexibility index (Phi) is 7.30. The van der Waals surface area contributed by atoms with Crippen LogP contribution in [0.15, 0.2) is 79.3 Å². The number of alkyl halides is 3. The summed E-state index contributed by atoms with van der Waals surface area (Å²) in [4.78, 5) is 21.3. The SMILES string of the molecule is Nc1nccc2ccc(-n3nc(C(=O)Nc4cc(C(C[C@H](N)C5CC5)c5ccncc5)ccc4F)cc3C(F)(F)F)cc12. The maximum atomic E-state index is 15.0. The van der Waals surface area contributed by atoms with E-state index < -0.39 is 29.3 Å². The predicted octanol–water partition coefficient (Wildman–Crippen LogP) is 6.07. The maximum Gasteiger partial charge on any atom is 0.433 e. The minimum absolute atomic E-state index is 0.0268. The van der Waals surface area contributed by atoms with Gasteiger partial charge in [0, 0.05) is 42.0 Å². The van der Waals surface area contributed by atoms with E-state index >= 15 is 0 Å². The Bertz CT molecular complexity index is 1800. The third-order valence-electron chi connectivity index (χ3n) is 7.74. The Morgan fingerprint density at radius 3 is 2.49 bits per heavy atom.